The Balaban J connectivity index is 2.24. The molecule has 0 aliphatic heterocycles. The normalized spacial score (nSPS) is 10.7. The van der Waals surface area contributed by atoms with Crippen molar-refractivity contribution in [2.75, 3.05) is 5.73 Å². The summed E-state index contributed by atoms with van der Waals surface area (Å²) < 4.78 is 2.17. The number of nitrogen functional groups attached to an aromatic ring is 1. The van der Waals surface area contributed by atoms with Crippen LogP contribution in [0.1, 0.15) is 0 Å². The first-order chi connectivity index (χ1) is 9.66. The molecule has 0 amide bonds. The highest BCUT2D eigenvalue weighted by Crippen LogP contribution is 2.38. The molecular formula is C15H11BrIN3. The van der Waals surface area contributed by atoms with Crippen LogP contribution in [0.4, 0.5) is 5.82 Å². The molecule has 3 N–H and O–H groups in total. The van der Waals surface area contributed by atoms with Crippen molar-refractivity contribution in [3.63, 3.8) is 0 Å². The third-order valence-corrected chi connectivity index (χ3v) is 4.42. The number of hydrogen-bond acceptors (Lipinski definition) is 2. The van der Waals surface area contributed by atoms with E-state index in [4.69, 9.17) is 5.73 Å². The fourth-order valence-electron chi connectivity index (χ4n) is 2.14. The van der Waals surface area contributed by atoms with E-state index in [-0.39, 0.29) is 0 Å². The van der Waals surface area contributed by atoms with Gasteiger partial charge < -0.3 is 5.73 Å². The summed E-state index contributed by atoms with van der Waals surface area (Å²) in [5, 5.41) is 7.22. The molecule has 1 heterocycles. The number of aromatic nitrogens is 2. The maximum Gasteiger partial charge on any atom is 0.153 e. The molecule has 0 atom stereocenters. The molecule has 3 aromatic rings. The first-order valence-electron chi connectivity index (χ1n) is 6.01. The summed E-state index contributed by atoms with van der Waals surface area (Å²) in [7, 11) is 0. The number of nitrogens with zero attached hydrogens (tertiary/aromatic N) is 1. The zero-order valence-corrected chi connectivity index (χ0v) is 14.1. The van der Waals surface area contributed by atoms with Gasteiger partial charge in [0.25, 0.3) is 0 Å². The molecule has 100 valence electrons. The molecule has 0 unspecified atom stereocenters. The fourth-order valence-corrected chi connectivity index (χ4v) is 3.07. The van der Waals surface area contributed by atoms with Crippen molar-refractivity contribution >= 4 is 44.3 Å². The lowest BCUT2D eigenvalue weighted by molar-refractivity contribution is 1.10. The molecule has 0 spiro atoms. The third kappa shape index (κ3) is 2.47. The predicted molar refractivity (Wildman–Crippen MR) is 94.3 cm³/mol. The Hall–Kier alpha value is -1.34. The van der Waals surface area contributed by atoms with Crippen LogP contribution in [0.3, 0.4) is 0 Å². The van der Waals surface area contributed by atoms with E-state index in [2.05, 4.69) is 60.9 Å². The Morgan fingerprint density at radius 3 is 2.60 bits per heavy atom. The van der Waals surface area contributed by atoms with E-state index in [1.54, 1.807) is 0 Å². The first kappa shape index (κ1) is 13.6. The minimum Gasteiger partial charge on any atom is -0.382 e. The van der Waals surface area contributed by atoms with E-state index in [1.807, 2.05) is 36.4 Å². The first-order valence-corrected chi connectivity index (χ1v) is 7.88. The smallest absolute Gasteiger partial charge is 0.153 e. The highest BCUT2D eigenvalue weighted by molar-refractivity contribution is 14.1. The van der Waals surface area contributed by atoms with Gasteiger partial charge in [0.05, 0.1) is 11.3 Å². The monoisotopic (exact) mass is 439 g/mol. The number of hydrogen-bond donors (Lipinski definition) is 2. The summed E-state index contributed by atoms with van der Waals surface area (Å²) in [6.45, 7) is 0. The van der Waals surface area contributed by atoms with Gasteiger partial charge in [-0.15, -0.1) is 0 Å². The second-order valence-corrected chi connectivity index (χ2v) is 6.45. The van der Waals surface area contributed by atoms with E-state index in [9.17, 15) is 0 Å². The third-order valence-electron chi connectivity index (χ3n) is 3.05. The topological polar surface area (TPSA) is 54.7 Å². The van der Waals surface area contributed by atoms with E-state index in [0.717, 1.165) is 30.4 Å². The number of aromatic amines is 1. The molecule has 3 nitrogen and oxygen atoms in total. The molecule has 0 radical (unpaired) electrons. The van der Waals surface area contributed by atoms with E-state index in [1.165, 1.54) is 0 Å². The number of nitrogens with two attached hydrogens (primary N) is 1. The van der Waals surface area contributed by atoms with Crippen LogP contribution >= 0.6 is 38.5 Å². The fraction of sp³-hybridized carbons (Fsp3) is 0. The molecule has 0 fully saturated rings. The van der Waals surface area contributed by atoms with Crippen LogP contribution in [0.5, 0.6) is 0 Å². The Bertz CT molecular complexity index is 753. The summed E-state index contributed by atoms with van der Waals surface area (Å²) in [6, 6.07) is 16.2. The van der Waals surface area contributed by atoms with Gasteiger partial charge in [-0.2, -0.15) is 5.10 Å². The van der Waals surface area contributed by atoms with Gasteiger partial charge in [-0.25, -0.2) is 0 Å². The highest BCUT2D eigenvalue weighted by atomic mass is 127. The van der Waals surface area contributed by atoms with Crippen LogP contribution in [-0.4, -0.2) is 10.2 Å². The molecule has 3 rings (SSSR count). The van der Waals surface area contributed by atoms with Crippen molar-refractivity contribution in [1.82, 2.24) is 10.2 Å². The number of anilines is 1. The van der Waals surface area contributed by atoms with Crippen LogP contribution in [0.25, 0.3) is 22.4 Å². The summed E-state index contributed by atoms with van der Waals surface area (Å²) in [5.74, 6) is 0.511. The molecular weight excluding hydrogens is 429 g/mol. The van der Waals surface area contributed by atoms with E-state index in [0.29, 0.717) is 5.82 Å². The number of H-pyrrole nitrogens is 1. The lowest BCUT2D eigenvalue weighted by atomic mass is 10.0. The summed E-state index contributed by atoms with van der Waals surface area (Å²) >= 11 is 5.89. The van der Waals surface area contributed by atoms with E-state index < -0.39 is 0 Å². The van der Waals surface area contributed by atoms with Crippen molar-refractivity contribution in [2.24, 2.45) is 0 Å². The number of halogens is 2. The quantitative estimate of drug-likeness (QED) is 0.569. The van der Waals surface area contributed by atoms with Crippen LogP contribution in [-0.2, 0) is 0 Å². The second kappa shape index (κ2) is 5.57. The average Bonchev–Trinajstić information content (AvgIpc) is 2.84. The van der Waals surface area contributed by atoms with Crippen molar-refractivity contribution in [2.45, 2.75) is 0 Å². The van der Waals surface area contributed by atoms with Crippen molar-refractivity contribution in [3.8, 4) is 22.4 Å². The second-order valence-electron chi connectivity index (χ2n) is 4.35. The minimum atomic E-state index is 0.511. The standard InChI is InChI=1S/C15H11BrIN3/c16-12-7-6-10(17)8-11(12)14-13(15(18)20-19-14)9-4-2-1-3-5-9/h1-8H,(H3,18,19,20). The van der Waals surface area contributed by atoms with Gasteiger partial charge >= 0.3 is 0 Å². The zero-order chi connectivity index (χ0) is 14.1. The lowest BCUT2D eigenvalue weighted by Gasteiger charge is -2.07. The van der Waals surface area contributed by atoms with Gasteiger partial charge in [0.1, 0.15) is 0 Å². The summed E-state index contributed by atoms with van der Waals surface area (Å²) in [6.07, 6.45) is 0. The number of nitrogens with one attached hydrogen (secondary N) is 1. The Kier molecular flexibility index (Phi) is 3.80. The van der Waals surface area contributed by atoms with E-state index >= 15 is 0 Å². The van der Waals surface area contributed by atoms with Gasteiger partial charge in [-0.1, -0.05) is 46.3 Å². The molecule has 1 aromatic heterocycles. The van der Waals surface area contributed by atoms with Crippen molar-refractivity contribution in [1.29, 1.82) is 0 Å². The average molecular weight is 440 g/mol. The predicted octanol–water partition coefficient (Wildman–Crippen LogP) is 4.69. The van der Waals surface area contributed by atoms with Crippen LogP contribution < -0.4 is 5.73 Å². The SMILES string of the molecule is Nc1n[nH]c(-c2cc(I)ccc2Br)c1-c1ccccc1. The summed E-state index contributed by atoms with van der Waals surface area (Å²) in [5.41, 5.74) is 10.0. The molecule has 0 saturated carbocycles. The van der Waals surface area contributed by atoms with Crippen LogP contribution in [0.15, 0.2) is 53.0 Å². The Labute approximate surface area is 138 Å². The minimum absolute atomic E-state index is 0.511. The molecule has 0 saturated heterocycles. The maximum absolute atomic E-state index is 6.04. The molecule has 0 aliphatic rings. The Morgan fingerprint density at radius 2 is 1.85 bits per heavy atom. The maximum atomic E-state index is 6.04. The number of rotatable bonds is 2. The largest absolute Gasteiger partial charge is 0.382 e. The van der Waals surface area contributed by atoms with Gasteiger partial charge in [0, 0.05) is 13.6 Å². The van der Waals surface area contributed by atoms with Crippen LogP contribution in [0, 0.1) is 3.57 Å². The van der Waals surface area contributed by atoms with Crippen molar-refractivity contribution < 1.29 is 0 Å². The molecule has 5 heteroatoms. The molecule has 0 aliphatic carbocycles. The lowest BCUT2D eigenvalue weighted by Crippen LogP contribution is -1.89. The van der Waals surface area contributed by atoms with Crippen LogP contribution in [0.2, 0.25) is 0 Å². The molecule has 2 aromatic carbocycles. The van der Waals surface area contributed by atoms with Gasteiger partial charge in [-0.05, 0) is 46.4 Å². The Morgan fingerprint density at radius 1 is 1.10 bits per heavy atom. The number of benzene rings is 2. The zero-order valence-electron chi connectivity index (χ0n) is 10.4. The summed E-state index contributed by atoms with van der Waals surface area (Å²) in [4.78, 5) is 0. The van der Waals surface area contributed by atoms with Gasteiger partial charge in [0.15, 0.2) is 5.82 Å². The molecule has 20 heavy (non-hydrogen) atoms. The highest BCUT2D eigenvalue weighted by Gasteiger charge is 2.16. The molecule has 0 bridgehead atoms. The van der Waals surface area contributed by atoms with Gasteiger partial charge in [0.2, 0.25) is 0 Å². The van der Waals surface area contributed by atoms with Crippen molar-refractivity contribution in [3.05, 3.63) is 56.6 Å². The van der Waals surface area contributed by atoms with Gasteiger partial charge in [-0.3, -0.25) is 5.10 Å².